The maximum Gasteiger partial charge on any atom is 0.345 e. The van der Waals surface area contributed by atoms with E-state index in [-0.39, 0.29) is 22.6 Å². The van der Waals surface area contributed by atoms with E-state index in [1.807, 2.05) is 31.2 Å². The predicted octanol–water partition coefficient (Wildman–Crippen LogP) is 4.74. The van der Waals surface area contributed by atoms with Gasteiger partial charge in [-0.3, -0.25) is 4.79 Å². The van der Waals surface area contributed by atoms with Crippen LogP contribution in [0.25, 0.3) is 11.1 Å². The van der Waals surface area contributed by atoms with Crippen molar-refractivity contribution in [3.8, 4) is 11.1 Å². The molecule has 1 amide bonds. The summed E-state index contributed by atoms with van der Waals surface area (Å²) in [7, 11) is 0. The minimum atomic E-state index is -1.05. The van der Waals surface area contributed by atoms with E-state index in [0.717, 1.165) is 28.0 Å². The quantitative estimate of drug-likeness (QED) is 0.682. The molecule has 0 aliphatic rings. The van der Waals surface area contributed by atoms with Crippen molar-refractivity contribution in [2.75, 3.05) is 0 Å². The van der Waals surface area contributed by atoms with Crippen LogP contribution in [0.3, 0.4) is 0 Å². The molecule has 4 nitrogen and oxygen atoms in total. The highest BCUT2D eigenvalue weighted by molar-refractivity contribution is 7.15. The molecule has 0 radical (unpaired) electrons. The lowest BCUT2D eigenvalue weighted by atomic mass is 10.00. The lowest BCUT2D eigenvalue weighted by molar-refractivity contribution is 0.0702. The highest BCUT2D eigenvalue weighted by atomic mass is 32.1. The molecule has 3 aromatic rings. The molecule has 0 fully saturated rings. The molecule has 2 aromatic carbocycles. The van der Waals surface area contributed by atoms with Crippen LogP contribution in [0.15, 0.2) is 60.7 Å². The first-order valence-corrected chi connectivity index (χ1v) is 8.75. The number of carbonyl (C=O) groups excluding carboxylic acids is 1. The van der Waals surface area contributed by atoms with Crippen LogP contribution >= 0.6 is 11.3 Å². The van der Waals surface area contributed by atoms with Gasteiger partial charge in [0, 0.05) is 0 Å². The number of halogens is 1. The Bertz CT molecular complexity index is 950. The predicted molar refractivity (Wildman–Crippen MR) is 99.0 cm³/mol. The van der Waals surface area contributed by atoms with E-state index in [9.17, 15) is 14.0 Å². The van der Waals surface area contributed by atoms with Crippen molar-refractivity contribution in [2.45, 2.75) is 13.0 Å². The van der Waals surface area contributed by atoms with E-state index in [0.29, 0.717) is 4.88 Å². The van der Waals surface area contributed by atoms with Crippen molar-refractivity contribution < 1.29 is 19.1 Å². The normalized spacial score (nSPS) is 11.8. The Morgan fingerprint density at radius 3 is 2.35 bits per heavy atom. The third-order valence-electron chi connectivity index (χ3n) is 3.95. The number of carboxylic acid groups (broad SMARTS) is 1. The Hall–Kier alpha value is -2.99. The van der Waals surface area contributed by atoms with E-state index in [2.05, 4.69) is 5.32 Å². The number of amides is 1. The summed E-state index contributed by atoms with van der Waals surface area (Å²) in [5.41, 5.74) is 2.71. The number of hydrogen-bond donors (Lipinski definition) is 2. The number of rotatable bonds is 5. The highest BCUT2D eigenvalue weighted by Crippen LogP contribution is 2.24. The highest BCUT2D eigenvalue weighted by Gasteiger charge is 2.16. The fourth-order valence-electron chi connectivity index (χ4n) is 2.56. The van der Waals surface area contributed by atoms with E-state index in [1.165, 1.54) is 24.3 Å². The van der Waals surface area contributed by atoms with Gasteiger partial charge in [-0.15, -0.1) is 11.3 Å². The molecule has 1 atom stereocenters. The Labute approximate surface area is 153 Å². The summed E-state index contributed by atoms with van der Waals surface area (Å²) >= 11 is 0.941. The van der Waals surface area contributed by atoms with Crippen molar-refractivity contribution in [2.24, 2.45) is 0 Å². The van der Waals surface area contributed by atoms with Gasteiger partial charge in [-0.05, 0) is 53.9 Å². The van der Waals surface area contributed by atoms with Crippen LogP contribution in [0.2, 0.25) is 0 Å². The Kier molecular flexibility index (Phi) is 5.14. The molecule has 1 aromatic heterocycles. The van der Waals surface area contributed by atoms with E-state index in [1.54, 1.807) is 12.1 Å². The van der Waals surface area contributed by atoms with Crippen LogP contribution in [-0.4, -0.2) is 17.0 Å². The number of carboxylic acids is 1. The standard InChI is InChI=1S/C20H16FNO3S/c1-12(22-19(23)17-9-10-18(26-17)20(24)25)14-3-2-4-15(11-14)13-5-7-16(21)8-6-13/h2-12H,1H3,(H,22,23)(H,24,25). The van der Waals surface area contributed by atoms with Crippen LogP contribution in [0.4, 0.5) is 4.39 Å². The van der Waals surface area contributed by atoms with Gasteiger partial charge in [-0.1, -0.05) is 30.3 Å². The molecule has 0 aliphatic heterocycles. The summed E-state index contributed by atoms with van der Waals surface area (Å²) < 4.78 is 13.1. The lowest BCUT2D eigenvalue weighted by Gasteiger charge is -2.15. The van der Waals surface area contributed by atoms with Gasteiger partial charge in [0.05, 0.1) is 10.9 Å². The summed E-state index contributed by atoms with van der Waals surface area (Å²) in [6, 6.07) is 16.5. The molecule has 0 spiro atoms. The summed E-state index contributed by atoms with van der Waals surface area (Å²) in [4.78, 5) is 23.7. The smallest absolute Gasteiger partial charge is 0.345 e. The van der Waals surface area contributed by atoms with Gasteiger partial charge in [0.1, 0.15) is 10.7 Å². The van der Waals surface area contributed by atoms with Gasteiger partial charge in [-0.2, -0.15) is 0 Å². The third-order valence-corrected chi connectivity index (χ3v) is 5.02. The lowest BCUT2D eigenvalue weighted by Crippen LogP contribution is -2.25. The first kappa shape index (κ1) is 17.8. The van der Waals surface area contributed by atoms with E-state index >= 15 is 0 Å². The zero-order valence-electron chi connectivity index (χ0n) is 13.9. The van der Waals surface area contributed by atoms with Gasteiger partial charge in [0.15, 0.2) is 0 Å². The van der Waals surface area contributed by atoms with Crippen LogP contribution in [0.5, 0.6) is 0 Å². The van der Waals surface area contributed by atoms with Crippen molar-refractivity contribution in [1.82, 2.24) is 5.32 Å². The Balaban J connectivity index is 1.76. The van der Waals surface area contributed by atoms with Gasteiger partial charge < -0.3 is 10.4 Å². The minimum absolute atomic E-state index is 0.126. The molecule has 0 saturated carbocycles. The molecule has 0 aliphatic carbocycles. The number of nitrogens with one attached hydrogen (secondary N) is 1. The van der Waals surface area contributed by atoms with Crippen LogP contribution in [0, 0.1) is 5.82 Å². The van der Waals surface area contributed by atoms with Crippen molar-refractivity contribution in [3.63, 3.8) is 0 Å². The Morgan fingerprint density at radius 1 is 1.00 bits per heavy atom. The monoisotopic (exact) mass is 369 g/mol. The fourth-order valence-corrected chi connectivity index (χ4v) is 3.30. The van der Waals surface area contributed by atoms with Crippen molar-refractivity contribution >= 4 is 23.2 Å². The molecular weight excluding hydrogens is 353 g/mol. The summed E-state index contributed by atoms with van der Waals surface area (Å²) in [5.74, 6) is -1.65. The number of carbonyl (C=O) groups is 2. The fraction of sp³-hybridized carbons (Fsp3) is 0.100. The molecule has 1 unspecified atom stereocenters. The first-order chi connectivity index (χ1) is 12.4. The second-order valence-electron chi connectivity index (χ2n) is 5.80. The number of benzene rings is 2. The molecule has 3 rings (SSSR count). The largest absolute Gasteiger partial charge is 0.477 e. The molecule has 132 valence electrons. The molecule has 0 bridgehead atoms. The van der Waals surface area contributed by atoms with Crippen LogP contribution in [-0.2, 0) is 0 Å². The van der Waals surface area contributed by atoms with E-state index in [4.69, 9.17) is 5.11 Å². The maximum absolute atomic E-state index is 13.1. The topological polar surface area (TPSA) is 66.4 Å². The number of thiophene rings is 1. The van der Waals surface area contributed by atoms with Gasteiger partial charge in [-0.25, -0.2) is 9.18 Å². The van der Waals surface area contributed by atoms with Gasteiger partial charge in [0.25, 0.3) is 5.91 Å². The number of hydrogen-bond acceptors (Lipinski definition) is 3. The SMILES string of the molecule is CC(NC(=O)c1ccc(C(=O)O)s1)c1cccc(-c2ccc(F)cc2)c1. The second-order valence-corrected chi connectivity index (χ2v) is 6.88. The molecule has 1 heterocycles. The summed E-state index contributed by atoms with van der Waals surface area (Å²) in [6.45, 7) is 1.85. The van der Waals surface area contributed by atoms with Gasteiger partial charge >= 0.3 is 5.97 Å². The molecule has 2 N–H and O–H groups in total. The maximum atomic E-state index is 13.1. The van der Waals surface area contributed by atoms with E-state index < -0.39 is 5.97 Å². The van der Waals surface area contributed by atoms with Crippen LogP contribution < -0.4 is 5.32 Å². The molecular formula is C20H16FNO3S. The average molecular weight is 369 g/mol. The molecule has 26 heavy (non-hydrogen) atoms. The molecule has 6 heteroatoms. The zero-order chi connectivity index (χ0) is 18.7. The second kappa shape index (κ2) is 7.49. The minimum Gasteiger partial charge on any atom is -0.477 e. The van der Waals surface area contributed by atoms with Gasteiger partial charge in [0.2, 0.25) is 0 Å². The number of aromatic carboxylic acids is 1. The Morgan fingerprint density at radius 2 is 1.69 bits per heavy atom. The van der Waals surface area contributed by atoms with Crippen molar-refractivity contribution in [3.05, 3.63) is 81.8 Å². The average Bonchev–Trinajstić information content (AvgIpc) is 3.13. The summed E-state index contributed by atoms with van der Waals surface area (Å²) in [5, 5.41) is 11.8. The van der Waals surface area contributed by atoms with Crippen molar-refractivity contribution in [1.29, 1.82) is 0 Å². The first-order valence-electron chi connectivity index (χ1n) is 7.94. The molecule has 0 saturated heterocycles. The zero-order valence-corrected chi connectivity index (χ0v) is 14.7. The third kappa shape index (κ3) is 3.97. The van der Waals surface area contributed by atoms with Crippen LogP contribution in [0.1, 0.15) is 37.9 Å². The summed E-state index contributed by atoms with van der Waals surface area (Å²) in [6.07, 6.45) is 0.